The molecule has 0 saturated carbocycles. The van der Waals surface area contributed by atoms with E-state index in [1.165, 1.54) is 16.8 Å². The molecular weight excluding hydrogens is 182 g/mol. The van der Waals surface area contributed by atoms with Gasteiger partial charge in [-0.3, -0.25) is 4.99 Å². The molecule has 15 heavy (non-hydrogen) atoms. The van der Waals surface area contributed by atoms with Crippen LogP contribution < -0.4 is 0 Å². The van der Waals surface area contributed by atoms with Gasteiger partial charge in [0.25, 0.3) is 0 Å². The van der Waals surface area contributed by atoms with Crippen molar-refractivity contribution in [2.75, 3.05) is 7.05 Å². The van der Waals surface area contributed by atoms with Gasteiger partial charge in [0, 0.05) is 12.8 Å². The summed E-state index contributed by atoms with van der Waals surface area (Å²) < 4.78 is 0. The molecule has 1 heteroatoms. The lowest BCUT2D eigenvalue weighted by atomic mass is 10.0. The lowest BCUT2D eigenvalue weighted by molar-refractivity contribution is 1.08. The first-order valence-corrected chi connectivity index (χ1v) is 5.42. The van der Waals surface area contributed by atoms with Crippen molar-refractivity contribution < 1.29 is 0 Å². The molecule has 0 atom stereocenters. The Morgan fingerprint density at radius 2 is 2.07 bits per heavy atom. The summed E-state index contributed by atoms with van der Waals surface area (Å²) in [5.74, 6) is 0. The van der Waals surface area contributed by atoms with E-state index in [1.807, 2.05) is 7.05 Å². The molecule has 0 saturated heterocycles. The van der Waals surface area contributed by atoms with Crippen LogP contribution in [0.5, 0.6) is 0 Å². The third-order valence-corrected chi connectivity index (χ3v) is 2.51. The second-order valence-corrected chi connectivity index (χ2v) is 3.59. The van der Waals surface area contributed by atoms with Crippen molar-refractivity contribution in [2.45, 2.75) is 26.7 Å². The molecule has 0 heterocycles. The summed E-state index contributed by atoms with van der Waals surface area (Å²) in [7, 11) is 1.87. The molecule has 1 aromatic rings. The number of nitrogens with zero attached hydrogens (tertiary/aromatic N) is 1. The molecule has 0 aliphatic rings. The predicted molar refractivity (Wildman–Crippen MR) is 67.7 cm³/mol. The minimum Gasteiger partial charge on any atom is -0.292 e. The number of allylic oxidation sites excluding steroid dienone is 2. The van der Waals surface area contributed by atoms with Crippen molar-refractivity contribution in [1.82, 2.24) is 0 Å². The van der Waals surface area contributed by atoms with Gasteiger partial charge < -0.3 is 0 Å². The third kappa shape index (κ3) is 3.35. The second-order valence-electron chi connectivity index (χ2n) is 3.59. The van der Waals surface area contributed by atoms with Crippen molar-refractivity contribution in [3.63, 3.8) is 0 Å². The van der Waals surface area contributed by atoms with Gasteiger partial charge in [-0.25, -0.2) is 0 Å². The molecule has 1 nitrogen and oxygen atoms in total. The van der Waals surface area contributed by atoms with Crippen LogP contribution in [-0.2, 0) is 0 Å². The summed E-state index contributed by atoms with van der Waals surface area (Å²) in [6, 6.07) is 8.42. The molecular formula is C14H19N. The lowest BCUT2D eigenvalue weighted by Gasteiger charge is -2.07. The topological polar surface area (TPSA) is 12.4 Å². The number of rotatable bonds is 4. The van der Waals surface area contributed by atoms with Crippen LogP contribution in [0.2, 0.25) is 0 Å². The molecule has 1 rings (SSSR count). The van der Waals surface area contributed by atoms with Crippen LogP contribution in [0.3, 0.4) is 0 Å². The van der Waals surface area contributed by atoms with Gasteiger partial charge in [-0.1, -0.05) is 36.4 Å². The molecule has 0 aliphatic heterocycles. The average Bonchev–Trinajstić information content (AvgIpc) is 2.26. The van der Waals surface area contributed by atoms with Crippen molar-refractivity contribution in [3.05, 3.63) is 47.5 Å². The highest BCUT2D eigenvalue weighted by Crippen LogP contribution is 2.12. The summed E-state index contributed by atoms with van der Waals surface area (Å²) in [6.45, 7) is 4.19. The Morgan fingerprint density at radius 3 is 2.67 bits per heavy atom. The summed E-state index contributed by atoms with van der Waals surface area (Å²) in [4.78, 5) is 4.37. The molecule has 0 amide bonds. The number of aryl methyl sites for hydroxylation is 1. The monoisotopic (exact) mass is 201 g/mol. The van der Waals surface area contributed by atoms with Crippen molar-refractivity contribution in [1.29, 1.82) is 0 Å². The van der Waals surface area contributed by atoms with Crippen LogP contribution in [-0.4, -0.2) is 12.8 Å². The SMILES string of the molecule is C/C=C\CC/C(=N/C)c1ccccc1C. The van der Waals surface area contributed by atoms with Crippen LogP contribution in [0.25, 0.3) is 0 Å². The Kier molecular flexibility index (Phi) is 4.82. The molecule has 0 bridgehead atoms. The Labute approximate surface area is 92.6 Å². The van der Waals surface area contributed by atoms with Gasteiger partial charge in [0.2, 0.25) is 0 Å². The Bertz CT molecular complexity index is 361. The fourth-order valence-corrected chi connectivity index (χ4v) is 1.65. The van der Waals surface area contributed by atoms with E-state index in [0.717, 1.165) is 12.8 Å². The maximum Gasteiger partial charge on any atom is 0.0422 e. The molecule has 80 valence electrons. The first-order chi connectivity index (χ1) is 7.29. The zero-order valence-electron chi connectivity index (χ0n) is 9.83. The van der Waals surface area contributed by atoms with E-state index in [9.17, 15) is 0 Å². The number of benzene rings is 1. The summed E-state index contributed by atoms with van der Waals surface area (Å²) in [5, 5.41) is 0. The highest BCUT2D eigenvalue weighted by molar-refractivity contribution is 6.01. The quantitative estimate of drug-likeness (QED) is 0.519. The van der Waals surface area contributed by atoms with E-state index in [4.69, 9.17) is 0 Å². The first kappa shape index (κ1) is 11.7. The third-order valence-electron chi connectivity index (χ3n) is 2.51. The largest absolute Gasteiger partial charge is 0.292 e. The maximum absolute atomic E-state index is 4.37. The molecule has 0 N–H and O–H groups in total. The van der Waals surface area contributed by atoms with Gasteiger partial charge in [-0.05, 0) is 37.8 Å². The number of hydrogen-bond acceptors (Lipinski definition) is 1. The van der Waals surface area contributed by atoms with Crippen LogP contribution in [0.15, 0.2) is 41.4 Å². The first-order valence-electron chi connectivity index (χ1n) is 5.42. The Morgan fingerprint density at radius 1 is 1.33 bits per heavy atom. The van der Waals surface area contributed by atoms with Crippen LogP contribution in [0, 0.1) is 6.92 Å². The van der Waals surface area contributed by atoms with Gasteiger partial charge in [0.1, 0.15) is 0 Å². The van der Waals surface area contributed by atoms with Crippen molar-refractivity contribution >= 4 is 5.71 Å². The Balaban J connectivity index is 2.80. The highest BCUT2D eigenvalue weighted by Gasteiger charge is 2.03. The smallest absolute Gasteiger partial charge is 0.0422 e. The molecule has 0 spiro atoms. The molecule has 0 aromatic heterocycles. The molecule has 0 fully saturated rings. The summed E-state index contributed by atoms with van der Waals surface area (Å²) in [6.07, 6.45) is 6.36. The van der Waals surface area contributed by atoms with E-state index in [0.29, 0.717) is 0 Å². The minimum absolute atomic E-state index is 1.02. The van der Waals surface area contributed by atoms with Crippen LogP contribution >= 0.6 is 0 Å². The maximum atomic E-state index is 4.37. The van der Waals surface area contributed by atoms with E-state index >= 15 is 0 Å². The van der Waals surface area contributed by atoms with Crippen molar-refractivity contribution in [3.8, 4) is 0 Å². The fraction of sp³-hybridized carbons (Fsp3) is 0.357. The molecule has 0 aliphatic carbocycles. The Hall–Kier alpha value is -1.37. The molecule has 0 unspecified atom stereocenters. The highest BCUT2D eigenvalue weighted by atomic mass is 14.7. The predicted octanol–water partition coefficient (Wildman–Crippen LogP) is 3.77. The van der Waals surface area contributed by atoms with Gasteiger partial charge in [-0.2, -0.15) is 0 Å². The second kappa shape index (κ2) is 6.18. The number of hydrogen-bond donors (Lipinski definition) is 0. The molecule has 0 radical (unpaired) electrons. The summed E-state index contributed by atoms with van der Waals surface area (Å²) in [5.41, 5.74) is 3.79. The normalized spacial score (nSPS) is 12.3. The fourth-order valence-electron chi connectivity index (χ4n) is 1.65. The zero-order chi connectivity index (χ0) is 11.1. The zero-order valence-corrected chi connectivity index (χ0v) is 9.83. The number of aliphatic imine (C=N–C) groups is 1. The van der Waals surface area contributed by atoms with Crippen LogP contribution in [0.1, 0.15) is 30.9 Å². The molecule has 1 aromatic carbocycles. The standard InChI is InChI=1S/C14H19N/c1-4-5-6-11-14(15-3)13-10-8-7-9-12(13)2/h4-5,7-10H,6,11H2,1-3H3/b5-4-,15-14-. The lowest BCUT2D eigenvalue weighted by Crippen LogP contribution is -2.02. The van der Waals surface area contributed by atoms with Gasteiger partial charge in [0.05, 0.1) is 0 Å². The van der Waals surface area contributed by atoms with E-state index in [-0.39, 0.29) is 0 Å². The van der Waals surface area contributed by atoms with Crippen molar-refractivity contribution in [2.24, 2.45) is 4.99 Å². The van der Waals surface area contributed by atoms with E-state index in [1.54, 1.807) is 0 Å². The average molecular weight is 201 g/mol. The van der Waals surface area contributed by atoms with Gasteiger partial charge in [0.15, 0.2) is 0 Å². The van der Waals surface area contributed by atoms with Gasteiger partial charge in [-0.15, -0.1) is 0 Å². The minimum atomic E-state index is 1.02. The van der Waals surface area contributed by atoms with Gasteiger partial charge >= 0.3 is 0 Å². The summed E-state index contributed by atoms with van der Waals surface area (Å²) >= 11 is 0. The van der Waals surface area contributed by atoms with E-state index in [2.05, 4.69) is 55.3 Å². The van der Waals surface area contributed by atoms with Crippen LogP contribution in [0.4, 0.5) is 0 Å². The van der Waals surface area contributed by atoms with E-state index < -0.39 is 0 Å².